The van der Waals surface area contributed by atoms with Gasteiger partial charge in [0.2, 0.25) is 0 Å². The number of amides is 1. The van der Waals surface area contributed by atoms with E-state index < -0.39 is 5.91 Å². The molecule has 2 N–H and O–H groups in total. The van der Waals surface area contributed by atoms with Crippen LogP contribution in [0.3, 0.4) is 0 Å². The molecule has 1 aromatic heterocycles. The highest BCUT2D eigenvalue weighted by Crippen LogP contribution is 2.33. The van der Waals surface area contributed by atoms with Crippen LogP contribution in [0.5, 0.6) is 0 Å². The number of carbonyl (C=O) groups is 1. The van der Waals surface area contributed by atoms with Crippen LogP contribution in [0.2, 0.25) is 0 Å². The second kappa shape index (κ2) is 2.05. The third-order valence-electron chi connectivity index (χ3n) is 1.68. The Morgan fingerprint density at radius 1 is 1.73 bits per heavy atom. The molecule has 5 nitrogen and oxygen atoms in total. The van der Waals surface area contributed by atoms with Gasteiger partial charge in [-0.25, -0.2) is 4.68 Å². The Morgan fingerprint density at radius 2 is 2.45 bits per heavy atom. The van der Waals surface area contributed by atoms with Crippen molar-refractivity contribution in [2.24, 2.45) is 5.73 Å². The summed E-state index contributed by atoms with van der Waals surface area (Å²) in [6.45, 7) is 0. The summed E-state index contributed by atoms with van der Waals surface area (Å²) in [5.74, 6) is -0.517. The molecule has 5 heteroatoms. The van der Waals surface area contributed by atoms with Crippen molar-refractivity contribution in [2.45, 2.75) is 18.9 Å². The Labute approximate surface area is 63.2 Å². The summed E-state index contributed by atoms with van der Waals surface area (Å²) in [6.07, 6.45) is 3.85. The molecule has 0 aliphatic heterocycles. The fraction of sp³-hybridized carbons (Fsp3) is 0.500. The third-order valence-corrected chi connectivity index (χ3v) is 1.68. The zero-order chi connectivity index (χ0) is 7.84. The smallest absolute Gasteiger partial charge is 0.270 e. The minimum Gasteiger partial charge on any atom is -0.364 e. The lowest BCUT2D eigenvalue weighted by Crippen LogP contribution is -2.11. The maximum atomic E-state index is 10.6. The molecule has 1 aromatic rings. The van der Waals surface area contributed by atoms with Gasteiger partial charge in [-0.05, 0) is 12.8 Å². The normalized spacial score (nSPS) is 16.7. The van der Waals surface area contributed by atoms with Crippen molar-refractivity contribution in [3.8, 4) is 0 Å². The van der Waals surface area contributed by atoms with E-state index in [1.807, 2.05) is 0 Å². The number of aromatic nitrogens is 3. The molecule has 58 valence electrons. The Kier molecular flexibility index (Phi) is 1.18. The predicted molar refractivity (Wildman–Crippen MR) is 36.8 cm³/mol. The highest BCUT2D eigenvalue weighted by Gasteiger charge is 2.25. The molecule has 0 bridgehead atoms. The van der Waals surface area contributed by atoms with Crippen LogP contribution in [0.25, 0.3) is 0 Å². The number of hydrogen-bond acceptors (Lipinski definition) is 3. The van der Waals surface area contributed by atoms with Crippen molar-refractivity contribution < 1.29 is 4.79 Å². The van der Waals surface area contributed by atoms with Crippen molar-refractivity contribution in [2.75, 3.05) is 0 Å². The van der Waals surface area contributed by atoms with Gasteiger partial charge in [0, 0.05) is 0 Å². The molecule has 1 amide bonds. The summed E-state index contributed by atoms with van der Waals surface area (Å²) in [4.78, 5) is 10.6. The van der Waals surface area contributed by atoms with E-state index >= 15 is 0 Å². The molecule has 0 radical (unpaired) electrons. The summed E-state index contributed by atoms with van der Waals surface area (Å²) < 4.78 is 1.69. The fourth-order valence-electron chi connectivity index (χ4n) is 0.907. The fourth-order valence-corrected chi connectivity index (χ4v) is 0.907. The Balaban J connectivity index is 2.25. The average molecular weight is 152 g/mol. The maximum Gasteiger partial charge on any atom is 0.270 e. The molecule has 1 saturated carbocycles. The van der Waals surface area contributed by atoms with Gasteiger partial charge in [0.1, 0.15) is 0 Å². The first-order valence-electron chi connectivity index (χ1n) is 3.49. The molecule has 0 aromatic carbocycles. The SMILES string of the molecule is NC(=O)c1cn(C2CC2)nn1. The molecule has 0 atom stereocenters. The molecule has 0 unspecified atom stereocenters. The largest absolute Gasteiger partial charge is 0.364 e. The Morgan fingerprint density at radius 3 is 2.91 bits per heavy atom. The minimum absolute atomic E-state index is 0.247. The van der Waals surface area contributed by atoms with Gasteiger partial charge in [0.05, 0.1) is 12.2 Å². The quantitative estimate of drug-likeness (QED) is 0.632. The molecular formula is C6H8N4O. The highest BCUT2D eigenvalue weighted by molar-refractivity contribution is 5.90. The van der Waals surface area contributed by atoms with E-state index in [1.165, 1.54) is 0 Å². The van der Waals surface area contributed by atoms with Crippen molar-refractivity contribution in [3.05, 3.63) is 11.9 Å². The van der Waals surface area contributed by atoms with Gasteiger partial charge in [0.25, 0.3) is 5.91 Å². The van der Waals surface area contributed by atoms with Crippen LogP contribution in [0.4, 0.5) is 0 Å². The summed E-state index contributed by atoms with van der Waals surface area (Å²) in [5, 5.41) is 7.38. The number of carbonyl (C=O) groups excluding carboxylic acids is 1. The van der Waals surface area contributed by atoms with Crippen LogP contribution in [0.15, 0.2) is 6.20 Å². The van der Waals surface area contributed by atoms with E-state index in [0.29, 0.717) is 6.04 Å². The third kappa shape index (κ3) is 1.09. The van der Waals surface area contributed by atoms with Crippen LogP contribution in [-0.2, 0) is 0 Å². The van der Waals surface area contributed by atoms with Gasteiger partial charge >= 0.3 is 0 Å². The lowest BCUT2D eigenvalue weighted by molar-refractivity contribution is 0.0995. The second-order valence-corrected chi connectivity index (χ2v) is 2.68. The molecule has 1 heterocycles. The molecule has 0 saturated heterocycles. The standard InChI is InChI=1S/C6H8N4O/c7-6(11)5-3-10(9-8-5)4-1-2-4/h3-4H,1-2H2,(H2,7,11). The van der Waals surface area contributed by atoms with Crippen molar-refractivity contribution >= 4 is 5.91 Å². The molecule has 11 heavy (non-hydrogen) atoms. The van der Waals surface area contributed by atoms with Crippen LogP contribution >= 0.6 is 0 Å². The monoisotopic (exact) mass is 152 g/mol. The van der Waals surface area contributed by atoms with Gasteiger partial charge in [-0.15, -0.1) is 5.10 Å². The molecule has 2 rings (SSSR count). The Hall–Kier alpha value is -1.39. The highest BCUT2D eigenvalue weighted by atomic mass is 16.1. The van der Waals surface area contributed by atoms with E-state index in [0.717, 1.165) is 12.8 Å². The molecule has 1 aliphatic carbocycles. The second-order valence-electron chi connectivity index (χ2n) is 2.68. The average Bonchev–Trinajstić information content (AvgIpc) is 2.68. The van der Waals surface area contributed by atoms with E-state index in [1.54, 1.807) is 10.9 Å². The van der Waals surface area contributed by atoms with Crippen LogP contribution in [-0.4, -0.2) is 20.9 Å². The molecule has 1 aliphatic rings. The number of nitrogens with zero attached hydrogens (tertiary/aromatic N) is 3. The lowest BCUT2D eigenvalue weighted by atomic mass is 10.5. The molecule has 0 spiro atoms. The summed E-state index contributed by atoms with van der Waals surface area (Å²) in [5.41, 5.74) is 5.24. The number of hydrogen-bond donors (Lipinski definition) is 1. The van der Waals surface area contributed by atoms with Crippen LogP contribution < -0.4 is 5.73 Å². The van der Waals surface area contributed by atoms with Gasteiger partial charge in [-0.2, -0.15) is 0 Å². The van der Waals surface area contributed by atoms with Crippen molar-refractivity contribution in [1.29, 1.82) is 0 Å². The van der Waals surface area contributed by atoms with Crippen LogP contribution in [0, 0.1) is 0 Å². The van der Waals surface area contributed by atoms with Crippen molar-refractivity contribution in [1.82, 2.24) is 15.0 Å². The van der Waals surface area contributed by atoms with E-state index in [9.17, 15) is 4.79 Å². The van der Waals surface area contributed by atoms with Gasteiger partial charge < -0.3 is 5.73 Å². The molecular weight excluding hydrogens is 144 g/mol. The van der Waals surface area contributed by atoms with E-state index in [2.05, 4.69) is 10.3 Å². The summed E-state index contributed by atoms with van der Waals surface area (Å²) in [7, 11) is 0. The predicted octanol–water partition coefficient (Wildman–Crippen LogP) is -0.288. The number of nitrogens with two attached hydrogens (primary N) is 1. The van der Waals surface area contributed by atoms with Gasteiger partial charge in [-0.3, -0.25) is 4.79 Å². The van der Waals surface area contributed by atoms with E-state index in [-0.39, 0.29) is 5.69 Å². The molecule has 1 fully saturated rings. The van der Waals surface area contributed by atoms with E-state index in [4.69, 9.17) is 5.73 Å². The minimum atomic E-state index is -0.517. The summed E-state index contributed by atoms with van der Waals surface area (Å²) in [6, 6.07) is 0.454. The topological polar surface area (TPSA) is 73.8 Å². The zero-order valence-corrected chi connectivity index (χ0v) is 5.90. The zero-order valence-electron chi connectivity index (χ0n) is 5.90. The maximum absolute atomic E-state index is 10.6. The van der Waals surface area contributed by atoms with Gasteiger partial charge in [-0.1, -0.05) is 5.21 Å². The lowest BCUT2D eigenvalue weighted by Gasteiger charge is -1.89. The first-order valence-corrected chi connectivity index (χ1v) is 3.49. The first kappa shape index (κ1) is 6.33. The summed E-state index contributed by atoms with van der Waals surface area (Å²) >= 11 is 0. The number of rotatable bonds is 2. The van der Waals surface area contributed by atoms with Crippen molar-refractivity contribution in [3.63, 3.8) is 0 Å². The van der Waals surface area contributed by atoms with Crippen LogP contribution in [0.1, 0.15) is 29.4 Å². The Bertz CT molecular complexity index is 289. The number of primary amides is 1. The first-order chi connectivity index (χ1) is 5.27. The van der Waals surface area contributed by atoms with Gasteiger partial charge in [0.15, 0.2) is 5.69 Å².